The van der Waals surface area contributed by atoms with Gasteiger partial charge < -0.3 is 29.6 Å². The number of furan rings is 1. The van der Waals surface area contributed by atoms with Gasteiger partial charge in [-0.15, -0.1) is 5.10 Å². The molecule has 14 nitrogen and oxygen atoms in total. The zero-order chi connectivity index (χ0) is 24.6. The highest BCUT2D eigenvalue weighted by Crippen LogP contribution is 2.27. The zero-order valence-electron chi connectivity index (χ0n) is 19.8. The fourth-order valence-electron chi connectivity index (χ4n) is 4.76. The van der Waals surface area contributed by atoms with Crippen molar-refractivity contribution in [1.29, 1.82) is 0 Å². The van der Waals surface area contributed by atoms with Gasteiger partial charge in [0.1, 0.15) is 6.04 Å². The van der Waals surface area contributed by atoms with E-state index < -0.39 is 0 Å². The van der Waals surface area contributed by atoms with Crippen LogP contribution in [0.2, 0.25) is 0 Å². The van der Waals surface area contributed by atoms with Gasteiger partial charge in [-0.1, -0.05) is 0 Å². The van der Waals surface area contributed by atoms with Crippen molar-refractivity contribution >= 4 is 29.5 Å². The minimum Gasteiger partial charge on any atom is -0.461 e. The van der Waals surface area contributed by atoms with Gasteiger partial charge in [0, 0.05) is 45.8 Å². The van der Waals surface area contributed by atoms with Crippen LogP contribution < -0.4 is 10.6 Å². The molecule has 6 rings (SSSR count). The first-order valence-electron chi connectivity index (χ1n) is 12.1. The summed E-state index contributed by atoms with van der Waals surface area (Å²) >= 11 is 0. The van der Waals surface area contributed by atoms with Crippen molar-refractivity contribution in [2.24, 2.45) is 0 Å². The Balaban J connectivity index is 1.08. The molecule has 190 valence electrons. The lowest BCUT2D eigenvalue weighted by molar-refractivity contribution is -0.138. The maximum Gasteiger partial charge on any atom is 0.259 e. The first kappa shape index (κ1) is 22.7. The molecule has 3 fully saturated rings. The minimum absolute atomic E-state index is 0.0418. The van der Waals surface area contributed by atoms with Crippen molar-refractivity contribution in [3.8, 4) is 11.6 Å². The van der Waals surface area contributed by atoms with E-state index in [-0.39, 0.29) is 23.8 Å². The number of rotatable bonds is 5. The number of hydrogen-bond acceptors (Lipinski definition) is 11. The van der Waals surface area contributed by atoms with Crippen molar-refractivity contribution in [2.45, 2.75) is 12.5 Å². The van der Waals surface area contributed by atoms with Crippen LogP contribution in [0.3, 0.4) is 0 Å². The lowest BCUT2D eigenvalue weighted by Gasteiger charge is -2.44. The molecule has 3 aromatic heterocycles. The number of amides is 2. The number of nitrogens with zero attached hydrogens (tertiary/aromatic N) is 9. The summed E-state index contributed by atoms with van der Waals surface area (Å²) in [4.78, 5) is 46.8. The van der Waals surface area contributed by atoms with E-state index in [0.29, 0.717) is 95.3 Å². The highest BCUT2D eigenvalue weighted by molar-refractivity contribution is 5.86. The van der Waals surface area contributed by atoms with Gasteiger partial charge in [0.15, 0.2) is 5.76 Å². The average Bonchev–Trinajstić information content (AvgIpc) is 3.55. The van der Waals surface area contributed by atoms with E-state index in [1.165, 1.54) is 4.52 Å². The first-order valence-corrected chi connectivity index (χ1v) is 12.1. The van der Waals surface area contributed by atoms with Gasteiger partial charge in [-0.25, -0.2) is 0 Å². The monoisotopic (exact) mass is 496 g/mol. The van der Waals surface area contributed by atoms with Gasteiger partial charge in [-0.3, -0.25) is 14.5 Å². The molecule has 0 aromatic carbocycles. The first-order chi connectivity index (χ1) is 17.6. The lowest BCUT2D eigenvalue weighted by atomic mass is 10.0. The molecule has 3 aliphatic rings. The van der Waals surface area contributed by atoms with E-state index in [9.17, 15) is 9.59 Å². The highest BCUT2D eigenvalue weighted by atomic mass is 16.5. The number of hydrogen-bond donors (Lipinski definition) is 1. The molecule has 3 aromatic rings. The Kier molecular flexibility index (Phi) is 5.89. The van der Waals surface area contributed by atoms with Crippen LogP contribution in [0.1, 0.15) is 6.42 Å². The number of carbonyl (C=O) groups is 2. The predicted octanol–water partition coefficient (Wildman–Crippen LogP) is -1.06. The lowest BCUT2D eigenvalue weighted by Crippen LogP contribution is -2.61. The molecule has 0 spiro atoms. The largest absolute Gasteiger partial charge is 0.461 e. The van der Waals surface area contributed by atoms with E-state index in [4.69, 9.17) is 14.9 Å². The standard InChI is InChI=1S/C22H28N10O4/c23-20-25-21(26-22-24-18(27-32(20)22)16-2-1-11-36-16)31-4-3-15(31)19(34)30-7-5-28(6-8-30)14-17(33)29-9-12-35-13-10-29/h1-2,11,15H,3-10,12-14H2,(H2,23,24,25,26,27)/t15-/m0/s1. The second-order valence-electron chi connectivity index (χ2n) is 9.10. The number of fused-ring (bicyclic) bond motifs is 1. The molecule has 0 bridgehead atoms. The second kappa shape index (κ2) is 9.35. The highest BCUT2D eigenvalue weighted by Gasteiger charge is 2.40. The molecule has 1 atom stereocenters. The predicted molar refractivity (Wildman–Crippen MR) is 127 cm³/mol. The van der Waals surface area contributed by atoms with E-state index >= 15 is 0 Å². The molecule has 36 heavy (non-hydrogen) atoms. The summed E-state index contributed by atoms with van der Waals surface area (Å²) < 4.78 is 12.0. The van der Waals surface area contributed by atoms with Crippen molar-refractivity contribution in [3.63, 3.8) is 0 Å². The molecule has 3 aliphatic heterocycles. The fourth-order valence-corrected chi connectivity index (χ4v) is 4.76. The van der Waals surface area contributed by atoms with Crippen LogP contribution in [0.5, 0.6) is 0 Å². The Bertz CT molecular complexity index is 1250. The Labute approximate surface area is 206 Å². The van der Waals surface area contributed by atoms with Crippen LogP contribution in [0, 0.1) is 0 Å². The number of carbonyl (C=O) groups excluding carboxylic acids is 2. The zero-order valence-corrected chi connectivity index (χ0v) is 19.8. The van der Waals surface area contributed by atoms with E-state index in [1.807, 2.05) is 14.7 Å². The molecule has 0 unspecified atom stereocenters. The number of aromatic nitrogens is 5. The molecule has 0 saturated carbocycles. The van der Waals surface area contributed by atoms with Crippen molar-refractivity contribution < 1.29 is 18.7 Å². The van der Waals surface area contributed by atoms with Crippen molar-refractivity contribution in [3.05, 3.63) is 18.4 Å². The molecule has 3 saturated heterocycles. The van der Waals surface area contributed by atoms with Crippen LogP contribution in [-0.2, 0) is 14.3 Å². The third-order valence-corrected chi connectivity index (χ3v) is 6.93. The van der Waals surface area contributed by atoms with E-state index in [0.717, 1.165) is 0 Å². The van der Waals surface area contributed by atoms with Crippen molar-refractivity contribution in [2.75, 3.05) is 76.2 Å². The Hall–Kier alpha value is -3.78. The molecule has 14 heteroatoms. The molecule has 2 amide bonds. The van der Waals surface area contributed by atoms with E-state index in [2.05, 4.69) is 25.0 Å². The topological polar surface area (TPSA) is 151 Å². The third-order valence-electron chi connectivity index (χ3n) is 6.93. The van der Waals surface area contributed by atoms with E-state index in [1.54, 1.807) is 18.4 Å². The van der Waals surface area contributed by atoms with Gasteiger partial charge in [0.2, 0.25) is 29.5 Å². The number of nitrogen functional groups attached to an aromatic ring is 1. The summed E-state index contributed by atoms with van der Waals surface area (Å²) in [5.41, 5.74) is 6.13. The molecule has 0 radical (unpaired) electrons. The summed E-state index contributed by atoms with van der Waals surface area (Å²) in [6.45, 7) is 6.00. The van der Waals surface area contributed by atoms with Gasteiger partial charge in [-0.2, -0.15) is 19.5 Å². The minimum atomic E-state index is -0.346. The molecular weight excluding hydrogens is 468 g/mol. The van der Waals surface area contributed by atoms with Crippen LogP contribution in [0.4, 0.5) is 11.9 Å². The maximum absolute atomic E-state index is 13.3. The Morgan fingerprint density at radius 2 is 1.81 bits per heavy atom. The summed E-state index contributed by atoms with van der Waals surface area (Å²) in [5, 5.41) is 4.31. The Morgan fingerprint density at radius 1 is 1.00 bits per heavy atom. The summed E-state index contributed by atoms with van der Waals surface area (Å²) in [5.74, 6) is 1.82. The van der Waals surface area contributed by atoms with Crippen LogP contribution in [-0.4, -0.2) is 123 Å². The molecule has 2 N–H and O–H groups in total. The molecule has 6 heterocycles. The summed E-state index contributed by atoms with van der Waals surface area (Å²) in [7, 11) is 0. The number of nitrogens with two attached hydrogens (primary N) is 1. The van der Waals surface area contributed by atoms with Crippen LogP contribution in [0.15, 0.2) is 22.8 Å². The summed E-state index contributed by atoms with van der Waals surface area (Å²) in [6.07, 6.45) is 2.26. The Morgan fingerprint density at radius 3 is 2.50 bits per heavy atom. The number of ether oxygens (including phenoxy) is 1. The molecular formula is C22H28N10O4. The smallest absolute Gasteiger partial charge is 0.259 e. The number of piperazine rings is 1. The maximum atomic E-state index is 13.3. The normalized spacial score (nSPS) is 21.1. The van der Waals surface area contributed by atoms with Gasteiger partial charge in [0.25, 0.3) is 5.78 Å². The van der Waals surface area contributed by atoms with Crippen LogP contribution in [0.25, 0.3) is 17.4 Å². The van der Waals surface area contributed by atoms with Gasteiger partial charge in [0.05, 0.1) is 26.0 Å². The van der Waals surface area contributed by atoms with Crippen molar-refractivity contribution in [1.82, 2.24) is 39.3 Å². The number of morpholine rings is 1. The third kappa shape index (κ3) is 4.22. The van der Waals surface area contributed by atoms with Gasteiger partial charge >= 0.3 is 0 Å². The fraction of sp³-hybridized carbons (Fsp3) is 0.545. The summed E-state index contributed by atoms with van der Waals surface area (Å²) in [6, 6.07) is 3.15. The second-order valence-corrected chi connectivity index (χ2v) is 9.10. The SMILES string of the molecule is Nc1nc(N2CC[C@H]2C(=O)N2CCN(CC(=O)N3CCOCC3)CC2)nc2nc(-c3ccco3)nn12. The number of anilines is 2. The van der Waals surface area contributed by atoms with Gasteiger partial charge in [-0.05, 0) is 18.6 Å². The quantitative estimate of drug-likeness (QED) is 0.460. The molecule has 0 aliphatic carbocycles. The average molecular weight is 497 g/mol. The van der Waals surface area contributed by atoms with Crippen LogP contribution >= 0.6 is 0 Å².